The van der Waals surface area contributed by atoms with Crippen molar-refractivity contribution in [3.63, 3.8) is 0 Å². The van der Waals surface area contributed by atoms with E-state index in [1.54, 1.807) is 11.8 Å². The Morgan fingerprint density at radius 3 is 2.20 bits per heavy atom. The molecule has 0 aliphatic rings. The Morgan fingerprint density at radius 2 is 1.75 bits per heavy atom. The van der Waals surface area contributed by atoms with E-state index in [1.165, 1.54) is 28.5 Å². The molecular weight excluding hydrogens is 290 g/mol. The summed E-state index contributed by atoms with van der Waals surface area (Å²) in [4.78, 5) is 0. The summed E-state index contributed by atoms with van der Waals surface area (Å²) in [5, 5.41) is 3.35. The Kier molecular flexibility index (Phi) is 6.55. The molecule has 1 aromatic carbocycles. The number of hydrogen-bond donors (Lipinski definition) is 1. The van der Waals surface area contributed by atoms with Crippen LogP contribution in [0.3, 0.4) is 0 Å². The van der Waals surface area contributed by atoms with Gasteiger partial charge < -0.3 is 5.32 Å². The van der Waals surface area contributed by atoms with Gasteiger partial charge in [0.05, 0.1) is 5.75 Å². The van der Waals surface area contributed by atoms with E-state index in [2.05, 4.69) is 38.2 Å². The summed E-state index contributed by atoms with van der Waals surface area (Å²) in [6.07, 6.45) is 1.29. The van der Waals surface area contributed by atoms with Gasteiger partial charge in [-0.1, -0.05) is 17.7 Å². The Bertz CT molecular complexity index is 530. The second-order valence-corrected chi connectivity index (χ2v) is 8.77. The molecule has 0 aromatic heterocycles. The van der Waals surface area contributed by atoms with E-state index < -0.39 is 9.84 Å². The second kappa shape index (κ2) is 7.48. The number of nitrogens with one attached hydrogen (secondary N) is 1. The lowest BCUT2D eigenvalue weighted by Crippen LogP contribution is -2.21. The number of hydrogen-bond acceptors (Lipinski definition) is 4. The molecule has 0 saturated heterocycles. The third kappa shape index (κ3) is 5.46. The Hall–Kier alpha value is -0.520. The van der Waals surface area contributed by atoms with Gasteiger partial charge in [-0.2, -0.15) is 11.8 Å². The van der Waals surface area contributed by atoms with Gasteiger partial charge in [-0.15, -0.1) is 0 Å². The normalized spacial score (nSPS) is 13.4. The fourth-order valence-electron chi connectivity index (χ4n) is 2.46. The number of aryl methyl sites for hydroxylation is 3. The summed E-state index contributed by atoms with van der Waals surface area (Å²) in [6.45, 7) is 6.39. The van der Waals surface area contributed by atoms with Crippen molar-refractivity contribution in [2.24, 2.45) is 0 Å². The number of benzene rings is 1. The van der Waals surface area contributed by atoms with Crippen molar-refractivity contribution >= 4 is 21.6 Å². The van der Waals surface area contributed by atoms with Gasteiger partial charge in [-0.05, 0) is 44.5 Å². The Morgan fingerprint density at radius 1 is 1.20 bits per heavy atom. The first-order valence-corrected chi connectivity index (χ1v) is 9.96. The molecule has 114 valence electrons. The predicted molar refractivity (Wildman–Crippen MR) is 89.5 cm³/mol. The van der Waals surface area contributed by atoms with Crippen LogP contribution in [0, 0.1) is 20.8 Å². The van der Waals surface area contributed by atoms with Crippen LogP contribution in [0.4, 0.5) is 0 Å². The highest BCUT2D eigenvalue weighted by Gasteiger charge is 2.15. The molecule has 20 heavy (non-hydrogen) atoms. The maximum Gasteiger partial charge on any atom is 0.148 e. The highest BCUT2D eigenvalue weighted by atomic mass is 32.2. The average molecular weight is 316 g/mol. The molecule has 0 spiro atoms. The minimum absolute atomic E-state index is 0.250. The lowest BCUT2D eigenvalue weighted by molar-refractivity contribution is 0.603. The van der Waals surface area contributed by atoms with Gasteiger partial charge in [0.1, 0.15) is 9.84 Å². The van der Waals surface area contributed by atoms with E-state index in [1.807, 2.05) is 7.05 Å². The van der Waals surface area contributed by atoms with E-state index in [0.29, 0.717) is 5.75 Å². The molecule has 0 radical (unpaired) electrons. The predicted octanol–water partition coefficient (Wildman–Crippen LogP) is 2.65. The van der Waals surface area contributed by atoms with Crippen molar-refractivity contribution in [2.75, 3.05) is 30.6 Å². The average Bonchev–Trinajstić information content (AvgIpc) is 2.29. The van der Waals surface area contributed by atoms with E-state index in [-0.39, 0.29) is 11.8 Å². The third-order valence-electron chi connectivity index (χ3n) is 3.32. The molecule has 5 heteroatoms. The van der Waals surface area contributed by atoms with Gasteiger partial charge in [0.25, 0.3) is 0 Å². The fourth-order valence-corrected chi connectivity index (χ4v) is 4.88. The fraction of sp³-hybridized carbons (Fsp3) is 0.600. The topological polar surface area (TPSA) is 46.2 Å². The molecule has 1 unspecified atom stereocenters. The lowest BCUT2D eigenvalue weighted by atomic mass is 9.95. The third-order valence-corrected chi connectivity index (χ3v) is 5.58. The molecular formula is C15H25NO2S2. The van der Waals surface area contributed by atoms with Crippen molar-refractivity contribution in [3.8, 4) is 0 Å². The zero-order valence-electron chi connectivity index (χ0n) is 13.0. The summed E-state index contributed by atoms with van der Waals surface area (Å²) in [7, 11) is -0.898. The van der Waals surface area contributed by atoms with Gasteiger partial charge in [0.2, 0.25) is 0 Å². The molecule has 1 atom stereocenters. The monoisotopic (exact) mass is 315 g/mol. The van der Waals surface area contributed by atoms with Gasteiger partial charge >= 0.3 is 0 Å². The molecule has 0 saturated carbocycles. The van der Waals surface area contributed by atoms with E-state index >= 15 is 0 Å². The van der Waals surface area contributed by atoms with Crippen molar-refractivity contribution in [3.05, 3.63) is 34.4 Å². The van der Waals surface area contributed by atoms with E-state index in [0.717, 1.165) is 5.75 Å². The highest BCUT2D eigenvalue weighted by Crippen LogP contribution is 2.26. The molecule has 0 amide bonds. The maximum absolute atomic E-state index is 11.1. The lowest BCUT2D eigenvalue weighted by Gasteiger charge is -2.21. The minimum atomic E-state index is -2.86. The largest absolute Gasteiger partial charge is 0.312 e. The van der Waals surface area contributed by atoms with E-state index in [4.69, 9.17) is 0 Å². The van der Waals surface area contributed by atoms with Gasteiger partial charge in [0, 0.05) is 23.8 Å². The quantitative estimate of drug-likeness (QED) is 0.786. The van der Waals surface area contributed by atoms with Crippen molar-refractivity contribution in [1.82, 2.24) is 5.32 Å². The van der Waals surface area contributed by atoms with Crippen molar-refractivity contribution in [2.45, 2.75) is 26.8 Å². The van der Waals surface area contributed by atoms with Crippen molar-refractivity contribution < 1.29 is 8.42 Å². The van der Waals surface area contributed by atoms with Crippen LogP contribution in [0.1, 0.15) is 28.3 Å². The summed E-state index contributed by atoms with van der Waals surface area (Å²) < 4.78 is 22.3. The second-order valence-electron chi connectivity index (χ2n) is 5.36. The zero-order chi connectivity index (χ0) is 15.3. The summed E-state index contributed by atoms with van der Waals surface area (Å²) in [5.74, 6) is 1.79. The zero-order valence-corrected chi connectivity index (χ0v) is 14.6. The maximum atomic E-state index is 11.1. The first-order chi connectivity index (χ1) is 9.24. The van der Waals surface area contributed by atoms with Crippen LogP contribution in [-0.2, 0) is 9.84 Å². The number of sulfone groups is 1. The molecule has 1 rings (SSSR count). The summed E-state index contributed by atoms with van der Waals surface area (Å²) in [6, 6.07) is 4.67. The molecule has 1 aromatic rings. The molecule has 0 aliphatic carbocycles. The number of thioether (sulfide) groups is 1. The van der Waals surface area contributed by atoms with Crippen LogP contribution < -0.4 is 5.32 Å². The standard InChI is InChI=1S/C15H25NO2S2/c1-11-8-12(2)15(13(3)9-11)14(16-4)10-19-6-7-20(5,17)18/h8-9,14,16H,6-7,10H2,1-5H3. The Balaban J connectivity index is 2.72. The molecule has 0 fully saturated rings. The smallest absolute Gasteiger partial charge is 0.148 e. The van der Waals surface area contributed by atoms with Crippen LogP contribution in [0.2, 0.25) is 0 Å². The van der Waals surface area contributed by atoms with Crippen LogP contribution in [0.25, 0.3) is 0 Å². The molecule has 1 N–H and O–H groups in total. The molecule has 0 heterocycles. The van der Waals surface area contributed by atoms with Crippen LogP contribution in [0.5, 0.6) is 0 Å². The first kappa shape index (κ1) is 17.5. The molecule has 3 nitrogen and oxygen atoms in total. The molecule has 0 aliphatic heterocycles. The number of rotatable bonds is 7. The van der Waals surface area contributed by atoms with Crippen molar-refractivity contribution in [1.29, 1.82) is 0 Å². The van der Waals surface area contributed by atoms with Crippen LogP contribution in [0.15, 0.2) is 12.1 Å². The first-order valence-electron chi connectivity index (χ1n) is 6.75. The van der Waals surface area contributed by atoms with Gasteiger partial charge in [-0.3, -0.25) is 0 Å². The van der Waals surface area contributed by atoms with Gasteiger partial charge in [0.15, 0.2) is 0 Å². The van der Waals surface area contributed by atoms with Gasteiger partial charge in [-0.25, -0.2) is 8.42 Å². The highest BCUT2D eigenvalue weighted by molar-refractivity contribution is 8.00. The SMILES string of the molecule is CNC(CSCCS(C)(=O)=O)c1c(C)cc(C)cc1C. The molecule has 0 bridgehead atoms. The van der Waals surface area contributed by atoms with Crippen LogP contribution >= 0.6 is 11.8 Å². The minimum Gasteiger partial charge on any atom is -0.312 e. The van der Waals surface area contributed by atoms with E-state index in [9.17, 15) is 8.42 Å². The Labute approximate surface area is 127 Å². The van der Waals surface area contributed by atoms with Crippen LogP contribution in [-0.4, -0.2) is 39.0 Å². The summed E-state index contributed by atoms with van der Waals surface area (Å²) in [5.41, 5.74) is 5.21. The summed E-state index contributed by atoms with van der Waals surface area (Å²) >= 11 is 1.69.